The van der Waals surface area contributed by atoms with Gasteiger partial charge in [0.05, 0.1) is 5.71 Å². The van der Waals surface area contributed by atoms with Gasteiger partial charge in [0.25, 0.3) is 0 Å². The van der Waals surface area contributed by atoms with Crippen LogP contribution in [0.1, 0.15) is 26.3 Å². The number of ether oxygens (including phenoxy) is 1. The molecule has 1 rings (SSSR count). The predicted octanol–water partition coefficient (Wildman–Crippen LogP) is 3.39. The number of hydrogen-bond acceptors (Lipinski definition) is 5. The number of carbonyl (C=O) groups excluding carboxylic acids is 1. The van der Waals surface area contributed by atoms with E-state index in [4.69, 9.17) is 21.2 Å². The summed E-state index contributed by atoms with van der Waals surface area (Å²) in [5.41, 5.74) is 1.32. The number of likely N-dealkylation sites (N-methyl/N-ethyl adjacent to an activating group) is 1. The van der Waals surface area contributed by atoms with Gasteiger partial charge in [-0.3, -0.25) is 0 Å². The summed E-state index contributed by atoms with van der Waals surface area (Å²) in [6.07, 6.45) is 0. The number of carbonyl (C=O) groups is 1. The fraction of sp³-hybridized carbons (Fsp3) is 0.500. The van der Waals surface area contributed by atoms with E-state index in [1.807, 2.05) is 45.0 Å². The van der Waals surface area contributed by atoms with Crippen molar-refractivity contribution < 1.29 is 14.4 Å². The molecular weight excluding hydrogens is 339 g/mol. The van der Waals surface area contributed by atoms with E-state index >= 15 is 0 Å². The average Bonchev–Trinajstić information content (AvgIpc) is 2.45. The van der Waals surface area contributed by atoms with E-state index in [2.05, 4.69) is 5.16 Å². The van der Waals surface area contributed by atoms with Crippen molar-refractivity contribution in [3.05, 3.63) is 34.9 Å². The third-order valence-corrected chi connectivity index (χ3v) is 3.69. The molecule has 0 aromatic heterocycles. The molecule has 0 heterocycles. The van der Waals surface area contributed by atoms with Crippen molar-refractivity contribution in [2.45, 2.75) is 26.3 Å². The van der Waals surface area contributed by atoms with Crippen LogP contribution in [0.15, 0.2) is 29.4 Å². The second-order valence-electron chi connectivity index (χ2n) is 5.82. The lowest BCUT2D eigenvalue weighted by Gasteiger charge is -2.31. The van der Waals surface area contributed by atoms with E-state index in [9.17, 15) is 4.79 Å². The van der Waals surface area contributed by atoms with Gasteiger partial charge in [-0.2, -0.15) is 0 Å². The number of nitrogens with zero attached hydrogens (tertiary/aromatic N) is 2. The van der Waals surface area contributed by atoms with E-state index < -0.39 is 5.97 Å². The zero-order chi connectivity index (χ0) is 16.8. The van der Waals surface area contributed by atoms with Gasteiger partial charge in [0.15, 0.2) is 0 Å². The molecular formula is C16H24Cl2N2O3. The molecule has 0 atom stereocenters. The normalized spacial score (nSPS) is 11.9. The van der Waals surface area contributed by atoms with Gasteiger partial charge >= 0.3 is 5.97 Å². The number of rotatable bonds is 7. The summed E-state index contributed by atoms with van der Waals surface area (Å²) in [5, 5.41) is 4.56. The van der Waals surface area contributed by atoms with Gasteiger partial charge in [-0.15, -0.1) is 12.4 Å². The topological polar surface area (TPSA) is 51.1 Å². The van der Waals surface area contributed by atoms with Gasteiger partial charge in [0, 0.05) is 10.6 Å². The molecule has 130 valence electrons. The van der Waals surface area contributed by atoms with Crippen molar-refractivity contribution >= 4 is 35.7 Å². The van der Waals surface area contributed by atoms with Gasteiger partial charge < -0.3 is 14.5 Å². The molecule has 0 aliphatic rings. The third kappa shape index (κ3) is 7.68. The second kappa shape index (κ2) is 9.75. The van der Waals surface area contributed by atoms with Gasteiger partial charge in [-0.1, -0.05) is 28.9 Å². The molecule has 0 fully saturated rings. The monoisotopic (exact) mass is 362 g/mol. The van der Waals surface area contributed by atoms with Crippen molar-refractivity contribution in [1.29, 1.82) is 0 Å². The largest absolute Gasteiger partial charge is 0.461 e. The van der Waals surface area contributed by atoms with Crippen LogP contribution in [0.3, 0.4) is 0 Å². The highest BCUT2D eigenvalue weighted by atomic mass is 35.5. The fourth-order valence-electron chi connectivity index (χ4n) is 1.35. The van der Waals surface area contributed by atoms with Gasteiger partial charge in [-0.25, -0.2) is 4.79 Å². The number of benzene rings is 1. The molecule has 1 aromatic rings. The smallest absolute Gasteiger partial charge is 0.347 e. The van der Waals surface area contributed by atoms with Gasteiger partial charge in [0.2, 0.25) is 6.61 Å². The van der Waals surface area contributed by atoms with Crippen LogP contribution < -0.4 is 0 Å². The minimum atomic E-state index is -0.442. The SMILES string of the molecule is C/C(=N\OCC(=O)OCC(C)(C)N(C)C)c1ccc(Cl)cc1.Cl. The van der Waals surface area contributed by atoms with Crippen LogP contribution in [0.4, 0.5) is 0 Å². The Kier molecular flexibility index (Phi) is 9.20. The molecule has 7 heteroatoms. The second-order valence-corrected chi connectivity index (χ2v) is 6.26. The molecule has 0 bridgehead atoms. The fourth-order valence-corrected chi connectivity index (χ4v) is 1.48. The molecule has 0 unspecified atom stereocenters. The predicted molar refractivity (Wildman–Crippen MR) is 95.6 cm³/mol. The first-order valence-electron chi connectivity index (χ1n) is 6.98. The number of hydrogen-bond donors (Lipinski definition) is 0. The highest BCUT2D eigenvalue weighted by Crippen LogP contribution is 2.11. The van der Waals surface area contributed by atoms with Crippen LogP contribution in [0.25, 0.3) is 0 Å². The summed E-state index contributed by atoms with van der Waals surface area (Å²) in [5.74, 6) is -0.442. The molecule has 1 aromatic carbocycles. The van der Waals surface area contributed by atoms with Crippen molar-refractivity contribution in [2.24, 2.45) is 5.16 Å². The van der Waals surface area contributed by atoms with E-state index in [1.54, 1.807) is 19.1 Å². The molecule has 0 spiro atoms. The minimum Gasteiger partial charge on any atom is -0.461 e. The van der Waals surface area contributed by atoms with Crippen LogP contribution in [0.5, 0.6) is 0 Å². The average molecular weight is 363 g/mol. The standard InChI is InChI=1S/C16H23ClN2O3.ClH/c1-12(13-6-8-14(17)9-7-13)18-22-10-15(20)21-11-16(2,3)19(4)5;/h6-9H,10-11H2,1-5H3;1H/b18-12+;. The first-order valence-corrected chi connectivity index (χ1v) is 7.36. The summed E-state index contributed by atoms with van der Waals surface area (Å²) < 4.78 is 5.18. The molecule has 5 nitrogen and oxygen atoms in total. The Morgan fingerprint density at radius 3 is 2.35 bits per heavy atom. The molecule has 0 aliphatic heterocycles. The molecule has 0 radical (unpaired) electrons. The van der Waals surface area contributed by atoms with Crippen molar-refractivity contribution in [3.8, 4) is 0 Å². The first-order chi connectivity index (χ1) is 10.2. The van der Waals surface area contributed by atoms with E-state index in [1.165, 1.54) is 0 Å². The molecule has 0 N–H and O–H groups in total. The number of oxime groups is 1. The van der Waals surface area contributed by atoms with Crippen LogP contribution in [-0.2, 0) is 14.4 Å². The molecule has 23 heavy (non-hydrogen) atoms. The maximum absolute atomic E-state index is 11.6. The first kappa shape index (κ1) is 21.7. The van der Waals surface area contributed by atoms with Gasteiger partial charge in [-0.05, 0) is 52.6 Å². The summed E-state index contributed by atoms with van der Waals surface area (Å²) in [7, 11) is 3.87. The zero-order valence-corrected chi connectivity index (χ0v) is 15.7. The summed E-state index contributed by atoms with van der Waals surface area (Å²) >= 11 is 5.82. The maximum Gasteiger partial charge on any atom is 0.347 e. The summed E-state index contributed by atoms with van der Waals surface area (Å²) in [6, 6.07) is 7.21. The minimum absolute atomic E-state index is 0. The summed E-state index contributed by atoms with van der Waals surface area (Å²) in [6.45, 7) is 5.86. The third-order valence-electron chi connectivity index (χ3n) is 3.44. The van der Waals surface area contributed by atoms with E-state index in [0.29, 0.717) is 17.3 Å². The zero-order valence-electron chi connectivity index (χ0n) is 14.1. The molecule has 0 amide bonds. The maximum atomic E-state index is 11.6. The van der Waals surface area contributed by atoms with Crippen LogP contribution in [-0.4, -0.2) is 49.4 Å². The Bertz CT molecular complexity index is 529. The molecule has 0 saturated carbocycles. The van der Waals surface area contributed by atoms with Crippen LogP contribution in [0.2, 0.25) is 5.02 Å². The Morgan fingerprint density at radius 2 is 1.83 bits per heavy atom. The van der Waals surface area contributed by atoms with Gasteiger partial charge in [0.1, 0.15) is 6.61 Å². The number of halogens is 2. The molecule has 0 saturated heterocycles. The summed E-state index contributed by atoms with van der Waals surface area (Å²) in [4.78, 5) is 18.6. The lowest BCUT2D eigenvalue weighted by molar-refractivity contribution is -0.152. The van der Waals surface area contributed by atoms with Crippen molar-refractivity contribution in [3.63, 3.8) is 0 Å². The van der Waals surface area contributed by atoms with E-state index in [0.717, 1.165) is 5.56 Å². The van der Waals surface area contributed by atoms with Crippen molar-refractivity contribution in [2.75, 3.05) is 27.3 Å². The lowest BCUT2D eigenvalue weighted by Crippen LogP contribution is -2.43. The van der Waals surface area contributed by atoms with E-state index in [-0.39, 0.29) is 24.6 Å². The Balaban J connectivity index is 0.00000484. The van der Waals surface area contributed by atoms with Crippen molar-refractivity contribution in [1.82, 2.24) is 4.90 Å². The highest BCUT2D eigenvalue weighted by molar-refractivity contribution is 6.30. The Hall–Kier alpha value is -1.30. The lowest BCUT2D eigenvalue weighted by atomic mass is 10.1. The number of esters is 1. The highest BCUT2D eigenvalue weighted by Gasteiger charge is 2.22. The van der Waals surface area contributed by atoms with Crippen LogP contribution >= 0.6 is 24.0 Å². The quantitative estimate of drug-likeness (QED) is 0.423. The van der Waals surface area contributed by atoms with Crippen LogP contribution in [0, 0.1) is 0 Å². The molecule has 0 aliphatic carbocycles. The Morgan fingerprint density at radius 1 is 1.26 bits per heavy atom. The Labute approximate surface area is 149 Å².